The summed E-state index contributed by atoms with van der Waals surface area (Å²) in [6.45, 7) is 7.62. The van der Waals surface area contributed by atoms with E-state index in [1.54, 1.807) is 25.1 Å². The second-order valence-electron chi connectivity index (χ2n) is 8.08. The summed E-state index contributed by atoms with van der Waals surface area (Å²) in [6.07, 6.45) is 1.81. The lowest BCUT2D eigenvalue weighted by Crippen LogP contribution is -2.44. The highest BCUT2D eigenvalue weighted by molar-refractivity contribution is 7.92. The zero-order chi connectivity index (χ0) is 21.8. The van der Waals surface area contributed by atoms with Gasteiger partial charge < -0.3 is 5.32 Å². The molecular weight excluding hydrogens is 408 g/mol. The number of sulfonamides is 1. The number of hydrogen-bond acceptors (Lipinski definition) is 3. The highest BCUT2D eigenvalue weighted by Gasteiger charge is 2.26. The van der Waals surface area contributed by atoms with Gasteiger partial charge in [-0.05, 0) is 48.9 Å². The third-order valence-corrected chi connectivity index (χ3v) is 6.51. The molecule has 2 rings (SSSR count). The Hall–Kier alpha value is -2.05. The van der Waals surface area contributed by atoms with Crippen molar-refractivity contribution in [1.82, 2.24) is 5.32 Å². The number of nitrogens with zero attached hydrogens (tertiary/aromatic N) is 1. The van der Waals surface area contributed by atoms with E-state index in [9.17, 15) is 13.2 Å². The Labute approximate surface area is 179 Å². The monoisotopic (exact) mass is 436 g/mol. The van der Waals surface area contributed by atoms with Crippen LogP contribution in [0.15, 0.2) is 48.5 Å². The number of amides is 1. The molecule has 158 valence electrons. The van der Waals surface area contributed by atoms with Crippen molar-refractivity contribution in [3.05, 3.63) is 64.7 Å². The summed E-state index contributed by atoms with van der Waals surface area (Å²) < 4.78 is 25.8. The van der Waals surface area contributed by atoms with Crippen LogP contribution >= 0.6 is 11.6 Å². The fourth-order valence-corrected chi connectivity index (χ4v) is 4.60. The second-order valence-corrected chi connectivity index (χ2v) is 10.4. The molecule has 0 saturated heterocycles. The van der Waals surface area contributed by atoms with Crippen molar-refractivity contribution in [3.8, 4) is 0 Å². The fraction of sp³-hybridized carbons (Fsp3) is 0.409. The van der Waals surface area contributed by atoms with Gasteiger partial charge in [0.05, 0.1) is 11.9 Å². The van der Waals surface area contributed by atoms with Crippen LogP contribution in [0.5, 0.6) is 0 Å². The van der Waals surface area contributed by atoms with Gasteiger partial charge in [-0.2, -0.15) is 0 Å². The first-order chi connectivity index (χ1) is 13.4. The van der Waals surface area contributed by atoms with E-state index in [1.807, 2.05) is 25.1 Å². The molecule has 0 aliphatic rings. The Morgan fingerprint density at radius 3 is 2.34 bits per heavy atom. The summed E-state index contributed by atoms with van der Waals surface area (Å²) in [5.74, 6) is -0.355. The van der Waals surface area contributed by atoms with Gasteiger partial charge in [-0.1, -0.05) is 61.8 Å². The van der Waals surface area contributed by atoms with Crippen molar-refractivity contribution in [3.63, 3.8) is 0 Å². The SMILES string of the molecule is Cc1c(Cl)cccc1N(CC(=O)NC(C)CC(C)(C)c1ccccc1)S(C)(=O)=O. The fourth-order valence-electron chi connectivity index (χ4n) is 3.52. The molecule has 29 heavy (non-hydrogen) atoms. The molecule has 0 aliphatic carbocycles. The lowest BCUT2D eigenvalue weighted by Gasteiger charge is -2.30. The van der Waals surface area contributed by atoms with Crippen molar-refractivity contribution >= 4 is 33.2 Å². The van der Waals surface area contributed by atoms with Gasteiger partial charge in [0, 0.05) is 11.1 Å². The topological polar surface area (TPSA) is 66.5 Å². The lowest BCUT2D eigenvalue weighted by atomic mass is 9.79. The molecule has 0 aromatic heterocycles. The largest absolute Gasteiger partial charge is 0.352 e. The molecule has 0 aliphatic heterocycles. The summed E-state index contributed by atoms with van der Waals surface area (Å²) in [5.41, 5.74) is 2.08. The highest BCUT2D eigenvalue weighted by Crippen LogP contribution is 2.29. The lowest BCUT2D eigenvalue weighted by molar-refractivity contribution is -0.120. The highest BCUT2D eigenvalue weighted by atomic mass is 35.5. The van der Waals surface area contributed by atoms with E-state index >= 15 is 0 Å². The predicted octanol–water partition coefficient (Wildman–Crippen LogP) is 4.29. The Bertz CT molecular complexity index is 959. The first kappa shape index (κ1) is 23.2. The van der Waals surface area contributed by atoms with Crippen LogP contribution in [-0.2, 0) is 20.2 Å². The molecule has 0 fully saturated rings. The molecule has 0 saturated carbocycles. The molecule has 0 heterocycles. The summed E-state index contributed by atoms with van der Waals surface area (Å²) in [6, 6.07) is 15.0. The van der Waals surface area contributed by atoms with Gasteiger partial charge in [-0.25, -0.2) is 8.42 Å². The van der Waals surface area contributed by atoms with Crippen molar-refractivity contribution in [2.24, 2.45) is 0 Å². The van der Waals surface area contributed by atoms with E-state index in [4.69, 9.17) is 11.6 Å². The molecule has 7 heteroatoms. The minimum Gasteiger partial charge on any atom is -0.352 e. The van der Waals surface area contributed by atoms with Gasteiger partial charge in [-0.15, -0.1) is 0 Å². The van der Waals surface area contributed by atoms with Crippen molar-refractivity contribution < 1.29 is 13.2 Å². The van der Waals surface area contributed by atoms with Crippen LogP contribution in [0, 0.1) is 6.92 Å². The average Bonchev–Trinajstić information content (AvgIpc) is 2.61. The van der Waals surface area contributed by atoms with E-state index in [-0.39, 0.29) is 23.9 Å². The standard InChI is InChI=1S/C22H29ClN2O3S/c1-16(14-22(3,4)18-10-7-6-8-11-18)24-21(26)15-25(29(5,27)28)20-13-9-12-19(23)17(20)2/h6-13,16H,14-15H2,1-5H3,(H,24,26). The van der Waals surface area contributed by atoms with Crippen LogP contribution in [0.1, 0.15) is 38.3 Å². The van der Waals surface area contributed by atoms with Gasteiger partial charge >= 0.3 is 0 Å². The molecule has 1 atom stereocenters. The minimum absolute atomic E-state index is 0.125. The zero-order valence-electron chi connectivity index (χ0n) is 17.6. The molecule has 0 spiro atoms. The number of carbonyl (C=O) groups excluding carboxylic acids is 1. The molecule has 1 N–H and O–H groups in total. The summed E-state index contributed by atoms with van der Waals surface area (Å²) in [5, 5.41) is 3.39. The molecular formula is C22H29ClN2O3S. The van der Waals surface area contributed by atoms with E-state index in [2.05, 4.69) is 31.3 Å². The summed E-state index contributed by atoms with van der Waals surface area (Å²) in [4.78, 5) is 12.7. The first-order valence-corrected chi connectivity index (χ1v) is 11.7. The van der Waals surface area contributed by atoms with Gasteiger partial charge in [0.25, 0.3) is 0 Å². The number of carbonyl (C=O) groups is 1. The molecule has 0 bridgehead atoms. The molecule has 2 aromatic carbocycles. The Morgan fingerprint density at radius 2 is 1.76 bits per heavy atom. The number of halogens is 1. The van der Waals surface area contributed by atoms with E-state index in [1.165, 1.54) is 5.56 Å². The number of anilines is 1. The Balaban J connectivity index is 2.11. The Morgan fingerprint density at radius 1 is 1.14 bits per heavy atom. The average molecular weight is 437 g/mol. The van der Waals surface area contributed by atoms with Crippen LogP contribution < -0.4 is 9.62 Å². The van der Waals surface area contributed by atoms with Crippen LogP contribution in [0.2, 0.25) is 5.02 Å². The molecule has 5 nitrogen and oxygen atoms in total. The van der Waals surface area contributed by atoms with Crippen LogP contribution in [-0.4, -0.2) is 33.2 Å². The van der Waals surface area contributed by atoms with Crippen molar-refractivity contribution in [2.75, 3.05) is 17.1 Å². The van der Waals surface area contributed by atoms with Crippen LogP contribution in [0.3, 0.4) is 0 Å². The molecule has 2 aromatic rings. The smallest absolute Gasteiger partial charge is 0.240 e. The maximum atomic E-state index is 12.7. The Kier molecular flexibility index (Phi) is 7.35. The van der Waals surface area contributed by atoms with Crippen molar-refractivity contribution in [2.45, 2.75) is 45.6 Å². The maximum Gasteiger partial charge on any atom is 0.240 e. The summed E-state index contributed by atoms with van der Waals surface area (Å²) in [7, 11) is -3.65. The summed E-state index contributed by atoms with van der Waals surface area (Å²) >= 11 is 6.14. The van der Waals surface area contributed by atoms with Gasteiger partial charge in [0.2, 0.25) is 15.9 Å². The quantitative estimate of drug-likeness (QED) is 0.671. The van der Waals surface area contributed by atoms with Gasteiger partial charge in [0.15, 0.2) is 0 Å². The van der Waals surface area contributed by atoms with E-state index in [0.717, 1.165) is 17.0 Å². The number of benzene rings is 2. The first-order valence-electron chi connectivity index (χ1n) is 9.49. The van der Waals surface area contributed by atoms with Crippen LogP contribution in [0.25, 0.3) is 0 Å². The van der Waals surface area contributed by atoms with Gasteiger partial charge in [0.1, 0.15) is 6.54 Å². The van der Waals surface area contributed by atoms with E-state index in [0.29, 0.717) is 16.3 Å². The van der Waals surface area contributed by atoms with Crippen LogP contribution in [0.4, 0.5) is 5.69 Å². The van der Waals surface area contributed by atoms with Crippen molar-refractivity contribution in [1.29, 1.82) is 0 Å². The third kappa shape index (κ3) is 6.21. The molecule has 1 amide bonds. The maximum absolute atomic E-state index is 12.7. The third-order valence-electron chi connectivity index (χ3n) is 4.97. The number of rotatable bonds is 8. The normalized spacial score (nSPS) is 13.0. The van der Waals surface area contributed by atoms with E-state index < -0.39 is 10.0 Å². The zero-order valence-corrected chi connectivity index (χ0v) is 19.1. The number of hydrogen-bond donors (Lipinski definition) is 1. The predicted molar refractivity (Wildman–Crippen MR) is 120 cm³/mol. The molecule has 1 unspecified atom stereocenters. The number of nitrogens with one attached hydrogen (secondary N) is 1. The molecule has 0 radical (unpaired) electrons. The minimum atomic E-state index is -3.65. The van der Waals surface area contributed by atoms with Gasteiger partial charge in [-0.3, -0.25) is 9.10 Å². The second kappa shape index (κ2) is 9.18.